The summed E-state index contributed by atoms with van der Waals surface area (Å²) in [5.74, 6) is -1.54. The van der Waals surface area contributed by atoms with Crippen LogP contribution in [0.5, 0.6) is 0 Å². The third-order valence-corrected chi connectivity index (χ3v) is 3.01. The molecule has 1 aromatic rings. The highest BCUT2D eigenvalue weighted by molar-refractivity contribution is 5.91. The molecule has 1 aromatic heterocycles. The van der Waals surface area contributed by atoms with Gasteiger partial charge in [-0.1, -0.05) is 13.8 Å². The molecule has 0 aromatic carbocycles. The zero-order valence-corrected chi connectivity index (χ0v) is 13.8. The van der Waals surface area contributed by atoms with Gasteiger partial charge >= 0.3 is 11.9 Å². The van der Waals surface area contributed by atoms with Crippen molar-refractivity contribution < 1.29 is 23.9 Å². The predicted molar refractivity (Wildman–Crippen MR) is 82.7 cm³/mol. The molecular weight excluding hydrogens is 300 g/mol. The highest BCUT2D eigenvalue weighted by Crippen LogP contribution is 2.06. The Bertz CT molecular complexity index is 554. The van der Waals surface area contributed by atoms with Gasteiger partial charge in [0.05, 0.1) is 12.7 Å². The molecule has 0 aliphatic heterocycles. The lowest BCUT2D eigenvalue weighted by Gasteiger charge is -2.18. The van der Waals surface area contributed by atoms with Gasteiger partial charge in [-0.25, -0.2) is 9.59 Å². The molecule has 1 amide bonds. The molecule has 1 N–H and O–H groups in total. The van der Waals surface area contributed by atoms with E-state index in [1.54, 1.807) is 19.1 Å². The molecule has 0 saturated heterocycles. The van der Waals surface area contributed by atoms with E-state index in [0.717, 1.165) is 5.69 Å². The summed E-state index contributed by atoms with van der Waals surface area (Å²) in [6.45, 7) is 5.17. The number of aryl methyl sites for hydroxylation is 1. The van der Waals surface area contributed by atoms with Crippen LogP contribution in [-0.4, -0.2) is 42.6 Å². The largest absolute Gasteiger partial charge is 0.467 e. The summed E-state index contributed by atoms with van der Waals surface area (Å²) >= 11 is 0. The van der Waals surface area contributed by atoms with E-state index in [4.69, 9.17) is 4.74 Å². The first kappa shape index (κ1) is 18.6. The van der Waals surface area contributed by atoms with Crippen LogP contribution in [0, 0.1) is 12.8 Å². The number of nitrogens with one attached hydrogen (secondary N) is 1. The number of amides is 1. The summed E-state index contributed by atoms with van der Waals surface area (Å²) in [5.41, 5.74) is 1.03. The Labute approximate surface area is 135 Å². The van der Waals surface area contributed by atoms with Crippen LogP contribution in [0.3, 0.4) is 0 Å². The van der Waals surface area contributed by atoms with Gasteiger partial charge in [0.1, 0.15) is 6.04 Å². The Morgan fingerprint density at radius 1 is 1.26 bits per heavy atom. The average Bonchev–Trinajstić information content (AvgIpc) is 2.51. The van der Waals surface area contributed by atoms with Crippen molar-refractivity contribution in [2.75, 3.05) is 13.7 Å². The first-order valence-electron chi connectivity index (χ1n) is 7.30. The zero-order valence-electron chi connectivity index (χ0n) is 13.8. The summed E-state index contributed by atoms with van der Waals surface area (Å²) in [6.07, 6.45) is 1.82. The topological polar surface area (TPSA) is 94.6 Å². The van der Waals surface area contributed by atoms with Gasteiger partial charge in [0.2, 0.25) is 0 Å². The normalized spacial score (nSPS) is 11.7. The van der Waals surface area contributed by atoms with E-state index in [0.29, 0.717) is 6.42 Å². The van der Waals surface area contributed by atoms with Crippen molar-refractivity contribution in [2.24, 2.45) is 5.92 Å². The van der Waals surface area contributed by atoms with Gasteiger partial charge in [-0.2, -0.15) is 0 Å². The zero-order chi connectivity index (χ0) is 17.4. The SMILES string of the molecule is COC(=O)[C@@H](CC(C)C)NC(=O)COC(=O)c1ccc(C)nc1. The van der Waals surface area contributed by atoms with Gasteiger partial charge in [0, 0.05) is 11.9 Å². The van der Waals surface area contributed by atoms with Crippen LogP contribution in [-0.2, 0) is 19.1 Å². The van der Waals surface area contributed by atoms with Crippen LogP contribution in [0.4, 0.5) is 0 Å². The van der Waals surface area contributed by atoms with Crippen LogP contribution < -0.4 is 5.32 Å². The number of methoxy groups -OCH3 is 1. The molecule has 0 saturated carbocycles. The average molecular weight is 322 g/mol. The van der Waals surface area contributed by atoms with Gasteiger partial charge in [-0.3, -0.25) is 9.78 Å². The van der Waals surface area contributed by atoms with Crippen LogP contribution >= 0.6 is 0 Å². The molecule has 0 unspecified atom stereocenters. The molecule has 7 heteroatoms. The van der Waals surface area contributed by atoms with Crippen molar-refractivity contribution >= 4 is 17.8 Å². The lowest BCUT2D eigenvalue weighted by atomic mass is 10.0. The number of carbonyl (C=O) groups excluding carboxylic acids is 3. The summed E-state index contributed by atoms with van der Waals surface area (Å²) in [6, 6.07) is 2.48. The number of ether oxygens (including phenoxy) is 2. The molecule has 1 atom stereocenters. The molecule has 0 fully saturated rings. The minimum absolute atomic E-state index is 0.195. The van der Waals surface area contributed by atoms with Gasteiger partial charge in [0.15, 0.2) is 6.61 Å². The minimum atomic E-state index is -0.757. The van der Waals surface area contributed by atoms with Gasteiger partial charge in [-0.15, -0.1) is 0 Å². The van der Waals surface area contributed by atoms with Gasteiger partial charge < -0.3 is 14.8 Å². The predicted octanol–water partition coefficient (Wildman–Crippen LogP) is 1.25. The van der Waals surface area contributed by atoms with E-state index < -0.39 is 30.5 Å². The lowest BCUT2D eigenvalue weighted by Crippen LogP contribution is -2.44. The molecule has 0 spiro atoms. The van der Waals surface area contributed by atoms with Crippen LogP contribution in [0.1, 0.15) is 36.3 Å². The Hall–Kier alpha value is -2.44. The molecule has 0 aliphatic carbocycles. The summed E-state index contributed by atoms with van der Waals surface area (Å²) in [7, 11) is 1.26. The van der Waals surface area contributed by atoms with E-state index in [9.17, 15) is 14.4 Å². The second-order valence-corrected chi connectivity index (χ2v) is 5.54. The third-order valence-electron chi connectivity index (χ3n) is 3.01. The monoisotopic (exact) mass is 322 g/mol. The van der Waals surface area contributed by atoms with Crippen molar-refractivity contribution in [1.82, 2.24) is 10.3 Å². The molecule has 0 radical (unpaired) electrons. The maximum atomic E-state index is 11.8. The summed E-state index contributed by atoms with van der Waals surface area (Å²) in [5, 5.41) is 2.51. The number of aromatic nitrogens is 1. The van der Waals surface area contributed by atoms with Crippen LogP contribution in [0.25, 0.3) is 0 Å². The van der Waals surface area contributed by atoms with E-state index in [-0.39, 0.29) is 11.5 Å². The summed E-state index contributed by atoms with van der Waals surface area (Å²) < 4.78 is 9.56. The Kier molecular flexibility index (Phi) is 7.18. The van der Waals surface area contributed by atoms with E-state index >= 15 is 0 Å². The number of pyridine rings is 1. The molecule has 0 bridgehead atoms. The first-order valence-corrected chi connectivity index (χ1v) is 7.30. The van der Waals surface area contributed by atoms with Crippen LogP contribution in [0.2, 0.25) is 0 Å². The summed E-state index contributed by atoms with van der Waals surface area (Å²) in [4.78, 5) is 39.2. The molecular formula is C16H22N2O5. The number of hydrogen-bond donors (Lipinski definition) is 1. The quantitative estimate of drug-likeness (QED) is 0.759. The van der Waals surface area contributed by atoms with Gasteiger partial charge in [-0.05, 0) is 31.4 Å². The Balaban J connectivity index is 2.52. The fraction of sp³-hybridized carbons (Fsp3) is 0.500. The van der Waals surface area contributed by atoms with Crippen LogP contribution in [0.15, 0.2) is 18.3 Å². The second kappa shape index (κ2) is 8.87. The van der Waals surface area contributed by atoms with E-state index in [1.807, 2.05) is 13.8 Å². The van der Waals surface area contributed by atoms with Crippen molar-refractivity contribution in [3.63, 3.8) is 0 Å². The second-order valence-electron chi connectivity index (χ2n) is 5.54. The molecule has 1 rings (SSSR count). The highest BCUT2D eigenvalue weighted by Gasteiger charge is 2.23. The van der Waals surface area contributed by atoms with Crippen molar-refractivity contribution in [2.45, 2.75) is 33.2 Å². The fourth-order valence-electron chi connectivity index (χ4n) is 1.87. The van der Waals surface area contributed by atoms with Crippen molar-refractivity contribution in [3.8, 4) is 0 Å². The fourth-order valence-corrected chi connectivity index (χ4v) is 1.87. The number of hydrogen-bond acceptors (Lipinski definition) is 6. The number of carbonyl (C=O) groups is 3. The standard InChI is InChI=1S/C16H22N2O5/c1-10(2)7-13(16(21)22-4)18-14(19)9-23-15(20)12-6-5-11(3)17-8-12/h5-6,8,10,13H,7,9H2,1-4H3,(H,18,19)/t13-/m1/s1. The maximum absolute atomic E-state index is 11.8. The molecule has 126 valence electrons. The molecule has 7 nitrogen and oxygen atoms in total. The molecule has 0 aliphatic rings. The minimum Gasteiger partial charge on any atom is -0.467 e. The van der Waals surface area contributed by atoms with E-state index in [2.05, 4.69) is 15.0 Å². The maximum Gasteiger partial charge on any atom is 0.340 e. The molecule has 23 heavy (non-hydrogen) atoms. The third kappa shape index (κ3) is 6.46. The number of esters is 2. The smallest absolute Gasteiger partial charge is 0.340 e. The Morgan fingerprint density at radius 2 is 1.96 bits per heavy atom. The number of nitrogens with zero attached hydrogens (tertiary/aromatic N) is 1. The first-order chi connectivity index (χ1) is 10.8. The lowest BCUT2D eigenvalue weighted by molar-refractivity contribution is -0.145. The Morgan fingerprint density at radius 3 is 2.48 bits per heavy atom. The van der Waals surface area contributed by atoms with Crippen molar-refractivity contribution in [3.05, 3.63) is 29.6 Å². The van der Waals surface area contributed by atoms with E-state index in [1.165, 1.54) is 13.3 Å². The molecule has 1 heterocycles. The van der Waals surface area contributed by atoms with Gasteiger partial charge in [0.25, 0.3) is 5.91 Å². The highest BCUT2D eigenvalue weighted by atomic mass is 16.5. The number of rotatable bonds is 7. The van der Waals surface area contributed by atoms with Crippen molar-refractivity contribution in [1.29, 1.82) is 0 Å².